The van der Waals surface area contributed by atoms with Crippen LogP contribution in [-0.4, -0.2) is 9.97 Å². The summed E-state index contributed by atoms with van der Waals surface area (Å²) in [6.45, 7) is 2.71. The van der Waals surface area contributed by atoms with E-state index in [1.807, 2.05) is 6.92 Å². The summed E-state index contributed by atoms with van der Waals surface area (Å²) >= 11 is 0. The topological polar surface area (TPSA) is 40.7 Å². The second-order valence-corrected chi connectivity index (χ2v) is 3.69. The molecular weight excluding hydrogens is 205 g/mol. The van der Waals surface area contributed by atoms with Crippen molar-refractivity contribution < 1.29 is 4.39 Å². The van der Waals surface area contributed by atoms with Gasteiger partial charge in [-0.25, -0.2) is 9.37 Å². The molecular formula is C12H14FN3. The van der Waals surface area contributed by atoms with Crippen molar-refractivity contribution >= 4 is 0 Å². The average Bonchev–Trinajstić information content (AvgIpc) is 2.80. The third kappa shape index (κ3) is 2.67. The molecule has 1 aromatic carbocycles. The second kappa shape index (κ2) is 4.90. The predicted molar refractivity (Wildman–Crippen MR) is 60.2 cm³/mol. The van der Waals surface area contributed by atoms with E-state index in [4.69, 9.17) is 0 Å². The van der Waals surface area contributed by atoms with Crippen LogP contribution in [0.2, 0.25) is 0 Å². The van der Waals surface area contributed by atoms with Crippen LogP contribution in [0.4, 0.5) is 4.39 Å². The molecule has 84 valence electrons. The molecule has 0 saturated carbocycles. The molecule has 0 saturated heterocycles. The standard InChI is InChI=1S/C12H14FN3/c1-9(10-2-4-11(13)5-3-10)16-8-12-14-6-7-15-12/h2-7,9,16H,8H2,1H3,(H,14,15)/t9-/m0/s1. The Morgan fingerprint density at radius 2 is 2.12 bits per heavy atom. The Morgan fingerprint density at radius 1 is 1.38 bits per heavy atom. The summed E-state index contributed by atoms with van der Waals surface area (Å²) in [7, 11) is 0. The number of imidazole rings is 1. The van der Waals surface area contributed by atoms with Gasteiger partial charge in [0, 0.05) is 18.4 Å². The van der Waals surface area contributed by atoms with E-state index in [1.165, 1.54) is 12.1 Å². The zero-order valence-corrected chi connectivity index (χ0v) is 9.07. The van der Waals surface area contributed by atoms with E-state index < -0.39 is 0 Å². The highest BCUT2D eigenvalue weighted by molar-refractivity contribution is 5.19. The van der Waals surface area contributed by atoms with Crippen LogP contribution in [0.3, 0.4) is 0 Å². The number of rotatable bonds is 4. The molecule has 0 amide bonds. The van der Waals surface area contributed by atoms with Crippen LogP contribution in [0.25, 0.3) is 0 Å². The van der Waals surface area contributed by atoms with Crippen molar-refractivity contribution in [3.05, 3.63) is 53.9 Å². The molecule has 2 aromatic rings. The van der Waals surface area contributed by atoms with Crippen molar-refractivity contribution in [3.63, 3.8) is 0 Å². The Labute approximate surface area is 93.7 Å². The molecule has 2 rings (SSSR count). The number of hydrogen-bond acceptors (Lipinski definition) is 2. The average molecular weight is 219 g/mol. The number of H-pyrrole nitrogens is 1. The molecule has 0 fully saturated rings. The molecule has 0 unspecified atom stereocenters. The van der Waals surface area contributed by atoms with Crippen molar-refractivity contribution in [2.24, 2.45) is 0 Å². The lowest BCUT2D eigenvalue weighted by Gasteiger charge is -2.13. The fourth-order valence-corrected chi connectivity index (χ4v) is 1.51. The second-order valence-electron chi connectivity index (χ2n) is 3.69. The lowest BCUT2D eigenvalue weighted by Crippen LogP contribution is -2.18. The van der Waals surface area contributed by atoms with Gasteiger partial charge in [-0.3, -0.25) is 0 Å². The van der Waals surface area contributed by atoms with Crippen molar-refractivity contribution in [3.8, 4) is 0 Å². The Morgan fingerprint density at radius 3 is 2.75 bits per heavy atom. The monoisotopic (exact) mass is 219 g/mol. The maximum absolute atomic E-state index is 12.7. The Balaban J connectivity index is 1.93. The maximum atomic E-state index is 12.7. The highest BCUT2D eigenvalue weighted by Crippen LogP contribution is 2.12. The summed E-state index contributed by atoms with van der Waals surface area (Å²) in [6, 6.07) is 6.69. The maximum Gasteiger partial charge on any atom is 0.123 e. The Bertz CT molecular complexity index is 422. The lowest BCUT2D eigenvalue weighted by molar-refractivity contribution is 0.559. The van der Waals surface area contributed by atoms with Crippen molar-refractivity contribution in [1.82, 2.24) is 15.3 Å². The van der Waals surface area contributed by atoms with Gasteiger partial charge in [0.05, 0.1) is 6.54 Å². The summed E-state index contributed by atoms with van der Waals surface area (Å²) in [5, 5.41) is 3.30. The van der Waals surface area contributed by atoms with Crippen LogP contribution in [0.1, 0.15) is 24.4 Å². The summed E-state index contributed by atoms with van der Waals surface area (Å²) in [5.74, 6) is 0.691. The van der Waals surface area contributed by atoms with E-state index in [0.29, 0.717) is 6.54 Å². The number of aromatic amines is 1. The number of hydrogen-bond donors (Lipinski definition) is 2. The van der Waals surface area contributed by atoms with E-state index >= 15 is 0 Å². The fourth-order valence-electron chi connectivity index (χ4n) is 1.51. The summed E-state index contributed by atoms with van der Waals surface area (Å²) in [5.41, 5.74) is 1.06. The predicted octanol–water partition coefficient (Wildman–Crippen LogP) is 2.40. The number of nitrogens with one attached hydrogen (secondary N) is 2. The highest BCUT2D eigenvalue weighted by atomic mass is 19.1. The van der Waals surface area contributed by atoms with Gasteiger partial charge in [-0.2, -0.15) is 0 Å². The van der Waals surface area contributed by atoms with Gasteiger partial charge in [0.25, 0.3) is 0 Å². The first-order valence-corrected chi connectivity index (χ1v) is 5.23. The third-order valence-electron chi connectivity index (χ3n) is 2.50. The van der Waals surface area contributed by atoms with Crippen LogP contribution in [0.15, 0.2) is 36.7 Å². The molecule has 4 heteroatoms. The summed E-state index contributed by atoms with van der Waals surface area (Å²) < 4.78 is 12.7. The number of benzene rings is 1. The van der Waals surface area contributed by atoms with Gasteiger partial charge in [0.15, 0.2) is 0 Å². The van der Waals surface area contributed by atoms with Gasteiger partial charge >= 0.3 is 0 Å². The van der Waals surface area contributed by atoms with Crippen LogP contribution in [0, 0.1) is 5.82 Å². The van der Waals surface area contributed by atoms with Crippen LogP contribution >= 0.6 is 0 Å². The number of halogens is 1. The van der Waals surface area contributed by atoms with Gasteiger partial charge in [0.1, 0.15) is 11.6 Å². The highest BCUT2D eigenvalue weighted by Gasteiger charge is 2.05. The molecule has 0 bridgehead atoms. The minimum Gasteiger partial charge on any atom is -0.348 e. The lowest BCUT2D eigenvalue weighted by atomic mass is 10.1. The molecule has 0 spiro atoms. The normalized spacial score (nSPS) is 12.6. The molecule has 16 heavy (non-hydrogen) atoms. The molecule has 0 radical (unpaired) electrons. The van der Waals surface area contributed by atoms with Gasteiger partial charge in [0.2, 0.25) is 0 Å². The van der Waals surface area contributed by atoms with Gasteiger partial charge in [-0.1, -0.05) is 12.1 Å². The first kappa shape index (κ1) is 10.8. The van der Waals surface area contributed by atoms with E-state index in [1.54, 1.807) is 24.5 Å². The van der Waals surface area contributed by atoms with Crippen LogP contribution < -0.4 is 5.32 Å². The van der Waals surface area contributed by atoms with Gasteiger partial charge in [-0.15, -0.1) is 0 Å². The van der Waals surface area contributed by atoms with Gasteiger partial charge < -0.3 is 10.3 Å². The van der Waals surface area contributed by atoms with Crippen molar-refractivity contribution in [2.45, 2.75) is 19.5 Å². The SMILES string of the molecule is C[C@H](NCc1ncc[nH]1)c1ccc(F)cc1. The Kier molecular flexibility index (Phi) is 3.31. The first-order valence-electron chi connectivity index (χ1n) is 5.23. The molecule has 1 atom stereocenters. The minimum absolute atomic E-state index is 0.172. The van der Waals surface area contributed by atoms with Crippen molar-refractivity contribution in [2.75, 3.05) is 0 Å². The molecule has 3 nitrogen and oxygen atoms in total. The summed E-state index contributed by atoms with van der Waals surface area (Å²) in [4.78, 5) is 7.14. The van der Waals surface area contributed by atoms with Gasteiger partial charge in [-0.05, 0) is 24.6 Å². The molecule has 0 aliphatic heterocycles. The van der Waals surface area contributed by atoms with Crippen molar-refractivity contribution in [1.29, 1.82) is 0 Å². The minimum atomic E-state index is -0.206. The van der Waals surface area contributed by atoms with Crippen LogP contribution in [-0.2, 0) is 6.54 Å². The third-order valence-corrected chi connectivity index (χ3v) is 2.50. The quantitative estimate of drug-likeness (QED) is 0.829. The van der Waals surface area contributed by atoms with E-state index in [0.717, 1.165) is 11.4 Å². The molecule has 1 heterocycles. The largest absolute Gasteiger partial charge is 0.348 e. The number of aromatic nitrogens is 2. The fraction of sp³-hybridized carbons (Fsp3) is 0.250. The first-order chi connectivity index (χ1) is 7.75. The number of nitrogens with zero attached hydrogens (tertiary/aromatic N) is 1. The Hall–Kier alpha value is -1.68. The molecule has 2 N–H and O–H groups in total. The smallest absolute Gasteiger partial charge is 0.123 e. The van der Waals surface area contributed by atoms with Crippen LogP contribution in [0.5, 0.6) is 0 Å². The zero-order valence-electron chi connectivity index (χ0n) is 9.07. The van der Waals surface area contributed by atoms with E-state index in [9.17, 15) is 4.39 Å². The van der Waals surface area contributed by atoms with E-state index in [-0.39, 0.29) is 11.9 Å². The summed E-state index contributed by atoms with van der Waals surface area (Å²) in [6.07, 6.45) is 3.51. The zero-order chi connectivity index (χ0) is 11.4. The van der Waals surface area contributed by atoms with E-state index in [2.05, 4.69) is 15.3 Å². The molecule has 1 aromatic heterocycles. The molecule has 0 aliphatic carbocycles. The molecule has 0 aliphatic rings.